The molecule has 0 aromatic carbocycles. The van der Waals surface area contributed by atoms with Gasteiger partial charge in [0.15, 0.2) is 0 Å². The minimum absolute atomic E-state index is 0.641. The van der Waals surface area contributed by atoms with Crippen molar-refractivity contribution in [3.8, 4) is 6.07 Å². The number of hydrogen-bond donors (Lipinski definition) is 2. The molecule has 0 radical (unpaired) electrons. The summed E-state index contributed by atoms with van der Waals surface area (Å²) < 4.78 is 0. The van der Waals surface area contributed by atoms with Gasteiger partial charge in [0.1, 0.15) is 11.9 Å². The highest BCUT2D eigenvalue weighted by Crippen LogP contribution is 2.16. The Bertz CT molecular complexity index is 393. The van der Waals surface area contributed by atoms with Gasteiger partial charge in [0.25, 0.3) is 0 Å². The summed E-state index contributed by atoms with van der Waals surface area (Å²) in [6.45, 7) is 8.53. The third-order valence-corrected chi connectivity index (χ3v) is 2.30. The van der Waals surface area contributed by atoms with Gasteiger partial charge >= 0.3 is 0 Å². The van der Waals surface area contributed by atoms with Gasteiger partial charge in [0.05, 0.1) is 5.56 Å². The molecule has 0 aliphatic rings. The van der Waals surface area contributed by atoms with E-state index in [2.05, 4.69) is 28.6 Å². The van der Waals surface area contributed by atoms with Crippen LogP contribution < -0.4 is 10.6 Å². The van der Waals surface area contributed by atoms with E-state index in [9.17, 15) is 0 Å². The summed E-state index contributed by atoms with van der Waals surface area (Å²) in [7, 11) is 0. The monoisotopic (exact) mass is 218 g/mol. The van der Waals surface area contributed by atoms with E-state index in [1.807, 2.05) is 19.9 Å². The fourth-order valence-electron chi connectivity index (χ4n) is 1.55. The molecule has 0 saturated carbocycles. The molecule has 0 bridgehead atoms. The van der Waals surface area contributed by atoms with Crippen molar-refractivity contribution < 1.29 is 0 Å². The quantitative estimate of drug-likeness (QED) is 0.737. The van der Waals surface area contributed by atoms with Gasteiger partial charge in [0, 0.05) is 18.8 Å². The highest BCUT2D eigenvalue weighted by atomic mass is 15.0. The van der Waals surface area contributed by atoms with Crippen LogP contribution in [-0.4, -0.2) is 24.6 Å². The lowest BCUT2D eigenvalue weighted by Gasteiger charge is -2.10. The van der Waals surface area contributed by atoms with Gasteiger partial charge in [-0.05, 0) is 32.0 Å². The molecule has 4 heteroatoms. The van der Waals surface area contributed by atoms with Crippen LogP contribution in [0.2, 0.25) is 0 Å². The zero-order chi connectivity index (χ0) is 12.0. The number of aromatic nitrogens is 1. The lowest BCUT2D eigenvalue weighted by molar-refractivity contribution is 0.737. The molecule has 0 atom stereocenters. The Morgan fingerprint density at radius 3 is 2.75 bits per heavy atom. The Kier molecular flexibility index (Phi) is 4.74. The first-order valence-corrected chi connectivity index (χ1v) is 5.52. The molecule has 0 fully saturated rings. The van der Waals surface area contributed by atoms with Gasteiger partial charge in [-0.2, -0.15) is 5.26 Å². The average Bonchev–Trinajstić information content (AvgIpc) is 2.24. The maximum absolute atomic E-state index is 9.05. The normalized spacial score (nSPS) is 9.88. The van der Waals surface area contributed by atoms with Crippen molar-refractivity contribution in [3.05, 3.63) is 22.9 Å². The second-order valence-electron chi connectivity index (χ2n) is 3.70. The van der Waals surface area contributed by atoms with Crippen LogP contribution in [0.1, 0.15) is 23.7 Å². The zero-order valence-corrected chi connectivity index (χ0v) is 10.1. The molecule has 0 aliphatic heterocycles. The fraction of sp³-hybridized carbons (Fsp3) is 0.500. The molecule has 16 heavy (non-hydrogen) atoms. The van der Waals surface area contributed by atoms with Crippen LogP contribution in [0.25, 0.3) is 0 Å². The molecule has 0 spiro atoms. The van der Waals surface area contributed by atoms with Crippen molar-refractivity contribution in [2.75, 3.05) is 25.0 Å². The molecule has 0 saturated heterocycles. The second-order valence-corrected chi connectivity index (χ2v) is 3.70. The number of nitriles is 1. The van der Waals surface area contributed by atoms with Gasteiger partial charge in [-0.25, -0.2) is 4.98 Å². The number of hydrogen-bond acceptors (Lipinski definition) is 4. The number of rotatable bonds is 5. The molecule has 1 aromatic heterocycles. The summed E-state index contributed by atoms with van der Waals surface area (Å²) in [6, 6.07) is 4.11. The van der Waals surface area contributed by atoms with E-state index in [-0.39, 0.29) is 0 Å². The fourth-order valence-corrected chi connectivity index (χ4v) is 1.55. The van der Waals surface area contributed by atoms with E-state index in [0.29, 0.717) is 11.4 Å². The number of likely N-dealkylation sites (N-methyl/N-ethyl adjacent to an activating group) is 1. The maximum Gasteiger partial charge on any atom is 0.144 e. The van der Waals surface area contributed by atoms with Crippen LogP contribution in [0.3, 0.4) is 0 Å². The van der Waals surface area contributed by atoms with E-state index in [0.717, 1.165) is 30.9 Å². The lowest BCUT2D eigenvalue weighted by Crippen LogP contribution is -2.22. The predicted molar refractivity (Wildman–Crippen MR) is 65.5 cm³/mol. The highest BCUT2D eigenvalue weighted by molar-refractivity contribution is 5.56. The first-order valence-electron chi connectivity index (χ1n) is 5.52. The number of nitrogens with one attached hydrogen (secondary N) is 2. The molecule has 4 nitrogen and oxygen atoms in total. The number of nitrogens with zero attached hydrogens (tertiary/aromatic N) is 2. The Morgan fingerprint density at radius 2 is 2.12 bits per heavy atom. The molecule has 86 valence electrons. The van der Waals surface area contributed by atoms with Crippen LogP contribution >= 0.6 is 0 Å². The standard InChI is InChI=1S/C12H18N4/c1-4-14-5-6-15-12-11(8-13)9(2)7-10(3)16-12/h7,14H,4-6H2,1-3H3,(H,15,16). The first kappa shape index (κ1) is 12.5. The summed E-state index contributed by atoms with van der Waals surface area (Å²) in [5.41, 5.74) is 2.55. The molecule has 2 N–H and O–H groups in total. The highest BCUT2D eigenvalue weighted by Gasteiger charge is 2.07. The van der Waals surface area contributed by atoms with Gasteiger partial charge in [0.2, 0.25) is 0 Å². The Morgan fingerprint density at radius 1 is 1.38 bits per heavy atom. The number of aryl methyl sites for hydroxylation is 2. The largest absolute Gasteiger partial charge is 0.368 e. The van der Waals surface area contributed by atoms with E-state index >= 15 is 0 Å². The predicted octanol–water partition coefficient (Wildman–Crippen LogP) is 1.59. The Balaban J connectivity index is 2.75. The van der Waals surface area contributed by atoms with Gasteiger partial charge in [-0.3, -0.25) is 0 Å². The summed E-state index contributed by atoms with van der Waals surface area (Å²) in [5.74, 6) is 0.693. The summed E-state index contributed by atoms with van der Waals surface area (Å²) in [5, 5.41) is 15.4. The minimum atomic E-state index is 0.641. The van der Waals surface area contributed by atoms with Crippen molar-refractivity contribution >= 4 is 5.82 Å². The minimum Gasteiger partial charge on any atom is -0.368 e. The molecular formula is C12H18N4. The zero-order valence-electron chi connectivity index (χ0n) is 10.1. The van der Waals surface area contributed by atoms with Crippen molar-refractivity contribution in [1.29, 1.82) is 5.26 Å². The molecule has 1 aromatic rings. The SMILES string of the molecule is CCNCCNc1nc(C)cc(C)c1C#N. The molecular weight excluding hydrogens is 200 g/mol. The van der Waals surface area contributed by atoms with Crippen molar-refractivity contribution in [3.63, 3.8) is 0 Å². The molecule has 0 aliphatic carbocycles. The van der Waals surface area contributed by atoms with Gasteiger partial charge < -0.3 is 10.6 Å². The number of anilines is 1. The van der Waals surface area contributed by atoms with Crippen LogP contribution in [-0.2, 0) is 0 Å². The van der Waals surface area contributed by atoms with Gasteiger partial charge in [-0.15, -0.1) is 0 Å². The van der Waals surface area contributed by atoms with Crippen molar-refractivity contribution in [1.82, 2.24) is 10.3 Å². The second kappa shape index (κ2) is 6.09. The maximum atomic E-state index is 9.05. The van der Waals surface area contributed by atoms with E-state index < -0.39 is 0 Å². The van der Waals surface area contributed by atoms with Crippen LogP contribution in [0.4, 0.5) is 5.82 Å². The topological polar surface area (TPSA) is 60.7 Å². The third-order valence-electron chi connectivity index (χ3n) is 2.30. The van der Waals surface area contributed by atoms with Gasteiger partial charge in [-0.1, -0.05) is 6.92 Å². The van der Waals surface area contributed by atoms with E-state index in [1.54, 1.807) is 0 Å². The Labute approximate surface area is 96.7 Å². The summed E-state index contributed by atoms with van der Waals surface area (Å²) in [6.07, 6.45) is 0. The van der Waals surface area contributed by atoms with Crippen LogP contribution in [0, 0.1) is 25.2 Å². The van der Waals surface area contributed by atoms with Crippen LogP contribution in [0.5, 0.6) is 0 Å². The molecule has 0 unspecified atom stereocenters. The lowest BCUT2D eigenvalue weighted by atomic mass is 10.1. The molecule has 1 rings (SSSR count). The average molecular weight is 218 g/mol. The van der Waals surface area contributed by atoms with Crippen molar-refractivity contribution in [2.45, 2.75) is 20.8 Å². The van der Waals surface area contributed by atoms with E-state index in [1.165, 1.54) is 0 Å². The van der Waals surface area contributed by atoms with E-state index in [4.69, 9.17) is 5.26 Å². The number of pyridine rings is 1. The van der Waals surface area contributed by atoms with Crippen molar-refractivity contribution in [2.24, 2.45) is 0 Å². The smallest absolute Gasteiger partial charge is 0.144 e. The molecule has 0 amide bonds. The third kappa shape index (κ3) is 3.21. The molecule has 1 heterocycles. The Hall–Kier alpha value is -1.60. The summed E-state index contributed by atoms with van der Waals surface area (Å²) in [4.78, 5) is 4.34. The van der Waals surface area contributed by atoms with Crippen LogP contribution in [0.15, 0.2) is 6.07 Å². The first-order chi connectivity index (χ1) is 7.69. The summed E-state index contributed by atoms with van der Waals surface area (Å²) >= 11 is 0.